The molecule has 0 heterocycles. The highest BCUT2D eigenvalue weighted by Crippen LogP contribution is 1.55. The number of rotatable bonds is 3. The van der Waals surface area contributed by atoms with Gasteiger partial charge >= 0.3 is 0 Å². The Bertz CT molecular complexity index is 20.8. The molecule has 0 aliphatic rings. The van der Waals surface area contributed by atoms with Crippen molar-refractivity contribution in [1.29, 1.82) is 0 Å². The van der Waals surface area contributed by atoms with E-state index in [2.05, 4.69) is 22.9 Å². The molecule has 0 saturated carbocycles. The number of likely N-dealkylation sites (N-methyl/N-ethyl adjacent to an activating group) is 1. The van der Waals surface area contributed by atoms with Gasteiger partial charge in [0.15, 0.2) is 0 Å². The van der Waals surface area contributed by atoms with Gasteiger partial charge in [-0.15, -0.1) is 0 Å². The van der Waals surface area contributed by atoms with Crippen molar-refractivity contribution in [3.63, 3.8) is 0 Å². The van der Waals surface area contributed by atoms with Crippen LogP contribution >= 0.6 is 12.8 Å². The second-order valence-corrected chi connectivity index (χ2v) is 1.33. The topological polar surface area (TPSA) is 24.1 Å². The first kappa shape index (κ1) is 6.27. The standard InChI is InChI=1S/C3H10N2S/c1-4-2-3-5-6/h4-6H,2-3H2,1H3. The fraction of sp³-hybridized carbons (Fsp3) is 1.00. The minimum atomic E-state index is 0.916. The van der Waals surface area contributed by atoms with Crippen molar-refractivity contribution in [3.8, 4) is 0 Å². The average molecular weight is 106 g/mol. The van der Waals surface area contributed by atoms with Crippen LogP contribution in [0.15, 0.2) is 0 Å². The molecule has 0 rings (SSSR count). The van der Waals surface area contributed by atoms with Crippen LogP contribution in [0.3, 0.4) is 0 Å². The Morgan fingerprint density at radius 2 is 2.17 bits per heavy atom. The Hall–Kier alpha value is 0.270. The van der Waals surface area contributed by atoms with Crippen molar-refractivity contribution < 1.29 is 0 Å². The van der Waals surface area contributed by atoms with Gasteiger partial charge in [-0.25, -0.2) is 0 Å². The lowest BCUT2D eigenvalue weighted by Gasteiger charge is -1.91. The number of thiol groups is 1. The molecular weight excluding hydrogens is 96.1 g/mol. The largest absolute Gasteiger partial charge is 0.318 e. The predicted molar refractivity (Wildman–Crippen MR) is 30.9 cm³/mol. The molecule has 0 spiro atoms. The van der Waals surface area contributed by atoms with Gasteiger partial charge < -0.3 is 5.32 Å². The first-order chi connectivity index (χ1) is 2.91. The van der Waals surface area contributed by atoms with Crippen LogP contribution in [0.25, 0.3) is 0 Å². The summed E-state index contributed by atoms with van der Waals surface area (Å²) in [5, 5.41) is 2.96. The molecule has 0 radical (unpaired) electrons. The van der Waals surface area contributed by atoms with E-state index < -0.39 is 0 Å². The summed E-state index contributed by atoms with van der Waals surface area (Å²) >= 11 is 3.76. The van der Waals surface area contributed by atoms with Crippen LogP contribution in [0.2, 0.25) is 0 Å². The maximum atomic E-state index is 3.76. The number of hydrogen-bond donors (Lipinski definition) is 3. The lowest BCUT2D eigenvalue weighted by molar-refractivity contribution is 0.778. The van der Waals surface area contributed by atoms with E-state index in [1.807, 2.05) is 7.05 Å². The average Bonchev–Trinajstić information content (AvgIpc) is 1.61. The van der Waals surface area contributed by atoms with E-state index >= 15 is 0 Å². The summed E-state index contributed by atoms with van der Waals surface area (Å²) in [6, 6.07) is 0. The van der Waals surface area contributed by atoms with Crippen LogP contribution in [-0.2, 0) is 0 Å². The smallest absolute Gasteiger partial charge is 0.0181 e. The van der Waals surface area contributed by atoms with Crippen molar-refractivity contribution >= 4 is 12.8 Å². The van der Waals surface area contributed by atoms with E-state index in [1.54, 1.807) is 0 Å². The summed E-state index contributed by atoms with van der Waals surface area (Å²) in [7, 11) is 1.91. The van der Waals surface area contributed by atoms with Gasteiger partial charge in [0.25, 0.3) is 0 Å². The molecule has 2 nitrogen and oxygen atoms in total. The minimum Gasteiger partial charge on any atom is -0.318 e. The summed E-state index contributed by atoms with van der Waals surface area (Å²) < 4.78 is 2.70. The van der Waals surface area contributed by atoms with Gasteiger partial charge in [0.1, 0.15) is 0 Å². The molecular formula is C3H10N2S. The Morgan fingerprint density at radius 3 is 2.33 bits per heavy atom. The van der Waals surface area contributed by atoms with Crippen LogP contribution in [0.1, 0.15) is 0 Å². The summed E-state index contributed by atoms with van der Waals surface area (Å²) in [5.41, 5.74) is 0. The Morgan fingerprint density at radius 1 is 1.50 bits per heavy atom. The number of hydrogen-bond acceptors (Lipinski definition) is 3. The molecule has 2 N–H and O–H groups in total. The zero-order valence-electron chi connectivity index (χ0n) is 3.86. The third-order valence-electron chi connectivity index (χ3n) is 0.487. The lowest BCUT2D eigenvalue weighted by Crippen LogP contribution is -2.18. The van der Waals surface area contributed by atoms with Crippen molar-refractivity contribution in [1.82, 2.24) is 10.0 Å². The maximum absolute atomic E-state index is 3.76. The Balaban J connectivity index is 2.34. The molecule has 3 heteroatoms. The summed E-state index contributed by atoms with van der Waals surface area (Å²) in [6.45, 7) is 1.89. The van der Waals surface area contributed by atoms with E-state index in [9.17, 15) is 0 Å². The minimum absolute atomic E-state index is 0.916. The molecule has 0 amide bonds. The molecule has 0 bridgehead atoms. The summed E-state index contributed by atoms with van der Waals surface area (Å²) in [5.74, 6) is 0. The molecule has 38 valence electrons. The van der Waals surface area contributed by atoms with Crippen molar-refractivity contribution in [2.75, 3.05) is 20.1 Å². The normalized spacial score (nSPS) is 9.00. The molecule has 6 heavy (non-hydrogen) atoms. The zero-order chi connectivity index (χ0) is 4.83. The molecule has 0 fully saturated rings. The molecule has 0 aliphatic heterocycles. The highest BCUT2D eigenvalue weighted by molar-refractivity contribution is 7.78. The fourth-order valence-electron chi connectivity index (χ4n) is 0.181. The highest BCUT2D eigenvalue weighted by atomic mass is 32.1. The second-order valence-electron chi connectivity index (χ2n) is 1.01. The first-order valence-electron chi connectivity index (χ1n) is 1.93. The van der Waals surface area contributed by atoms with Crippen molar-refractivity contribution in [2.45, 2.75) is 0 Å². The van der Waals surface area contributed by atoms with Crippen molar-refractivity contribution in [2.24, 2.45) is 0 Å². The van der Waals surface area contributed by atoms with Gasteiger partial charge in [-0.1, -0.05) is 12.8 Å². The molecule has 0 aliphatic carbocycles. The zero-order valence-corrected chi connectivity index (χ0v) is 4.76. The van der Waals surface area contributed by atoms with Gasteiger partial charge in [-0.3, -0.25) is 4.72 Å². The Labute approximate surface area is 43.9 Å². The van der Waals surface area contributed by atoms with Crippen LogP contribution in [0.5, 0.6) is 0 Å². The van der Waals surface area contributed by atoms with E-state index in [0.717, 1.165) is 13.1 Å². The van der Waals surface area contributed by atoms with E-state index in [0.29, 0.717) is 0 Å². The van der Waals surface area contributed by atoms with Crippen LogP contribution < -0.4 is 10.0 Å². The van der Waals surface area contributed by atoms with E-state index in [1.165, 1.54) is 0 Å². The van der Waals surface area contributed by atoms with E-state index in [-0.39, 0.29) is 0 Å². The Kier molecular flexibility index (Phi) is 5.51. The first-order valence-corrected chi connectivity index (χ1v) is 2.38. The van der Waals surface area contributed by atoms with Crippen LogP contribution in [0, 0.1) is 0 Å². The predicted octanol–water partition coefficient (Wildman–Crippen LogP) is -0.360. The van der Waals surface area contributed by atoms with Gasteiger partial charge in [-0.2, -0.15) is 0 Å². The van der Waals surface area contributed by atoms with Crippen LogP contribution in [-0.4, -0.2) is 20.1 Å². The number of nitrogens with one attached hydrogen (secondary N) is 2. The lowest BCUT2D eigenvalue weighted by atomic mass is 10.7. The molecule has 0 aromatic heterocycles. The SMILES string of the molecule is CNCCNS. The molecule has 0 unspecified atom stereocenters. The summed E-state index contributed by atoms with van der Waals surface area (Å²) in [6.07, 6.45) is 0. The quantitative estimate of drug-likeness (QED) is 0.338. The maximum Gasteiger partial charge on any atom is 0.0181 e. The molecule has 0 aromatic carbocycles. The molecule has 0 atom stereocenters. The van der Waals surface area contributed by atoms with Crippen LogP contribution in [0.4, 0.5) is 0 Å². The van der Waals surface area contributed by atoms with Gasteiger partial charge in [0.2, 0.25) is 0 Å². The van der Waals surface area contributed by atoms with Gasteiger partial charge in [-0.05, 0) is 7.05 Å². The van der Waals surface area contributed by atoms with Crippen molar-refractivity contribution in [3.05, 3.63) is 0 Å². The van der Waals surface area contributed by atoms with Gasteiger partial charge in [0.05, 0.1) is 0 Å². The monoisotopic (exact) mass is 106 g/mol. The van der Waals surface area contributed by atoms with E-state index in [4.69, 9.17) is 0 Å². The third kappa shape index (κ3) is 4.27. The van der Waals surface area contributed by atoms with Gasteiger partial charge in [0, 0.05) is 13.1 Å². The summed E-state index contributed by atoms with van der Waals surface area (Å²) in [4.78, 5) is 0. The highest BCUT2D eigenvalue weighted by Gasteiger charge is 1.71. The fourth-order valence-corrected chi connectivity index (χ4v) is 0.293. The molecule has 0 aromatic rings. The second kappa shape index (κ2) is 5.27. The third-order valence-corrected chi connectivity index (χ3v) is 0.710. The molecule has 0 saturated heterocycles.